The second-order valence-corrected chi connectivity index (χ2v) is 4.46. The van der Waals surface area contributed by atoms with Gasteiger partial charge < -0.3 is 16.0 Å². The van der Waals surface area contributed by atoms with Gasteiger partial charge in [-0.15, -0.1) is 0 Å². The molecule has 0 saturated carbocycles. The van der Waals surface area contributed by atoms with Crippen molar-refractivity contribution in [3.63, 3.8) is 0 Å². The molecule has 0 saturated heterocycles. The third-order valence-electron chi connectivity index (χ3n) is 3.18. The Morgan fingerprint density at radius 3 is 3.17 bits per heavy atom. The Balaban J connectivity index is 1.71. The van der Waals surface area contributed by atoms with E-state index in [1.165, 1.54) is 24.8 Å². The van der Waals surface area contributed by atoms with Gasteiger partial charge in [0, 0.05) is 6.54 Å². The fraction of sp³-hybridized carbons (Fsp3) is 0.417. The summed E-state index contributed by atoms with van der Waals surface area (Å²) in [6, 6.07) is 0. The first kappa shape index (κ1) is 11.0. The van der Waals surface area contributed by atoms with Gasteiger partial charge in [-0.3, -0.25) is 0 Å². The average Bonchev–Trinajstić information content (AvgIpc) is 2.98. The lowest BCUT2D eigenvalue weighted by atomic mass is 10.2. The normalized spacial score (nSPS) is 15.0. The van der Waals surface area contributed by atoms with Gasteiger partial charge in [-0.25, -0.2) is 4.98 Å². The Hall–Kier alpha value is -2.11. The van der Waals surface area contributed by atoms with Crippen molar-refractivity contribution in [1.29, 1.82) is 0 Å². The molecule has 6 heteroatoms. The third kappa shape index (κ3) is 2.13. The minimum Gasteiger partial charge on any atom is -0.368 e. The second-order valence-electron chi connectivity index (χ2n) is 4.46. The molecule has 2 aromatic heterocycles. The zero-order valence-electron chi connectivity index (χ0n) is 10.1. The van der Waals surface area contributed by atoms with E-state index in [0.717, 1.165) is 24.3 Å². The van der Waals surface area contributed by atoms with Crippen LogP contribution in [0.4, 0.5) is 11.8 Å². The number of anilines is 2. The average molecular weight is 244 g/mol. The number of rotatable bonds is 4. The summed E-state index contributed by atoms with van der Waals surface area (Å²) in [5.41, 5.74) is 8.59. The molecule has 0 unspecified atom stereocenters. The van der Waals surface area contributed by atoms with Crippen molar-refractivity contribution in [2.24, 2.45) is 0 Å². The second kappa shape index (κ2) is 4.64. The largest absolute Gasteiger partial charge is 0.368 e. The molecule has 0 radical (unpaired) electrons. The Kier molecular flexibility index (Phi) is 2.84. The molecule has 0 bridgehead atoms. The standard InChI is InChI=1S/C12H16N6/c13-12-17-10(9-11(18-12)16-7-15-9)14-6-5-8-3-1-2-4-8/h3,7H,1-2,4-6H2,(H4,13,14,15,16,17,18). The number of aromatic amines is 1. The molecular weight excluding hydrogens is 228 g/mol. The molecule has 0 amide bonds. The van der Waals surface area contributed by atoms with E-state index in [0.29, 0.717) is 5.65 Å². The van der Waals surface area contributed by atoms with Crippen molar-refractivity contribution < 1.29 is 0 Å². The monoisotopic (exact) mass is 244 g/mol. The van der Waals surface area contributed by atoms with Crippen molar-refractivity contribution in [2.75, 3.05) is 17.6 Å². The van der Waals surface area contributed by atoms with E-state index in [9.17, 15) is 0 Å². The summed E-state index contributed by atoms with van der Waals surface area (Å²) in [4.78, 5) is 15.4. The zero-order valence-corrected chi connectivity index (χ0v) is 10.1. The van der Waals surface area contributed by atoms with Gasteiger partial charge in [-0.05, 0) is 25.7 Å². The number of nitrogens with two attached hydrogens (primary N) is 1. The molecule has 0 aliphatic heterocycles. The van der Waals surface area contributed by atoms with Crippen LogP contribution in [0.15, 0.2) is 18.0 Å². The van der Waals surface area contributed by atoms with Crippen LogP contribution in [0.2, 0.25) is 0 Å². The SMILES string of the molecule is Nc1nc(NCCC2=CCCC2)c2[nH]cnc2n1. The number of nitrogens with one attached hydrogen (secondary N) is 2. The lowest BCUT2D eigenvalue weighted by Crippen LogP contribution is -2.07. The minimum atomic E-state index is 0.247. The van der Waals surface area contributed by atoms with Crippen LogP contribution in [-0.4, -0.2) is 26.5 Å². The number of nitrogens with zero attached hydrogens (tertiary/aromatic N) is 3. The maximum absolute atomic E-state index is 5.65. The third-order valence-corrected chi connectivity index (χ3v) is 3.18. The first-order valence-electron chi connectivity index (χ1n) is 6.21. The van der Waals surface area contributed by atoms with Crippen LogP contribution in [0.5, 0.6) is 0 Å². The summed E-state index contributed by atoms with van der Waals surface area (Å²) in [5.74, 6) is 0.978. The molecule has 0 aromatic carbocycles. The van der Waals surface area contributed by atoms with E-state index >= 15 is 0 Å². The Morgan fingerprint density at radius 2 is 2.33 bits per heavy atom. The molecule has 1 aliphatic carbocycles. The van der Waals surface area contributed by atoms with Crippen LogP contribution >= 0.6 is 0 Å². The zero-order chi connectivity index (χ0) is 12.4. The van der Waals surface area contributed by atoms with E-state index < -0.39 is 0 Å². The first-order chi connectivity index (χ1) is 8.83. The van der Waals surface area contributed by atoms with Crippen molar-refractivity contribution >= 4 is 22.9 Å². The molecule has 18 heavy (non-hydrogen) atoms. The number of allylic oxidation sites excluding steroid dienone is 1. The smallest absolute Gasteiger partial charge is 0.224 e. The molecule has 6 nitrogen and oxygen atoms in total. The summed E-state index contributed by atoms with van der Waals surface area (Å²) in [5, 5.41) is 3.30. The molecule has 3 rings (SSSR count). The van der Waals surface area contributed by atoms with Crippen molar-refractivity contribution in [1.82, 2.24) is 19.9 Å². The maximum atomic E-state index is 5.65. The van der Waals surface area contributed by atoms with Crippen molar-refractivity contribution in [2.45, 2.75) is 25.7 Å². The molecule has 2 aromatic rings. The van der Waals surface area contributed by atoms with E-state index in [-0.39, 0.29) is 5.95 Å². The van der Waals surface area contributed by atoms with E-state index in [2.05, 4.69) is 31.3 Å². The molecule has 94 valence electrons. The van der Waals surface area contributed by atoms with Crippen LogP contribution in [0.3, 0.4) is 0 Å². The summed E-state index contributed by atoms with van der Waals surface area (Å²) in [6.45, 7) is 0.858. The predicted octanol–water partition coefficient (Wildman–Crippen LogP) is 1.85. The van der Waals surface area contributed by atoms with Gasteiger partial charge >= 0.3 is 0 Å². The van der Waals surface area contributed by atoms with Gasteiger partial charge in [0.05, 0.1) is 6.33 Å². The van der Waals surface area contributed by atoms with Gasteiger partial charge in [0.2, 0.25) is 5.95 Å². The lowest BCUT2D eigenvalue weighted by molar-refractivity contribution is 0.862. The molecule has 2 heterocycles. The molecular formula is C12H16N6. The number of aromatic nitrogens is 4. The number of hydrogen-bond acceptors (Lipinski definition) is 5. The van der Waals surface area contributed by atoms with E-state index in [1.54, 1.807) is 6.33 Å². The van der Waals surface area contributed by atoms with Crippen molar-refractivity contribution in [3.05, 3.63) is 18.0 Å². The summed E-state index contributed by atoms with van der Waals surface area (Å²) in [6.07, 6.45) is 8.74. The Bertz CT molecular complexity index is 585. The highest BCUT2D eigenvalue weighted by Gasteiger charge is 2.09. The molecule has 1 aliphatic rings. The van der Waals surface area contributed by atoms with Crippen LogP contribution in [0.25, 0.3) is 11.2 Å². The fourth-order valence-electron chi connectivity index (χ4n) is 2.28. The number of imidazole rings is 1. The van der Waals surface area contributed by atoms with Gasteiger partial charge in [0.1, 0.15) is 5.52 Å². The van der Waals surface area contributed by atoms with E-state index in [1.807, 2.05) is 0 Å². The first-order valence-corrected chi connectivity index (χ1v) is 6.21. The van der Waals surface area contributed by atoms with Crippen LogP contribution in [0.1, 0.15) is 25.7 Å². The highest BCUT2D eigenvalue weighted by molar-refractivity contribution is 5.83. The minimum absolute atomic E-state index is 0.247. The highest BCUT2D eigenvalue weighted by atomic mass is 15.1. The quantitative estimate of drug-likeness (QED) is 0.714. The van der Waals surface area contributed by atoms with Gasteiger partial charge in [0.25, 0.3) is 0 Å². The lowest BCUT2D eigenvalue weighted by Gasteiger charge is -2.07. The van der Waals surface area contributed by atoms with Crippen LogP contribution < -0.4 is 11.1 Å². The highest BCUT2D eigenvalue weighted by Crippen LogP contribution is 2.21. The number of fused-ring (bicyclic) bond motifs is 1. The number of H-pyrrole nitrogens is 1. The maximum Gasteiger partial charge on any atom is 0.224 e. The summed E-state index contributed by atoms with van der Waals surface area (Å²) < 4.78 is 0. The Labute approximate surface area is 105 Å². The van der Waals surface area contributed by atoms with Crippen LogP contribution in [-0.2, 0) is 0 Å². The number of hydrogen-bond donors (Lipinski definition) is 3. The van der Waals surface area contributed by atoms with E-state index in [4.69, 9.17) is 5.73 Å². The van der Waals surface area contributed by atoms with Gasteiger partial charge in [-0.2, -0.15) is 9.97 Å². The fourth-order valence-corrected chi connectivity index (χ4v) is 2.28. The predicted molar refractivity (Wildman–Crippen MR) is 71.1 cm³/mol. The number of nitrogen functional groups attached to an aromatic ring is 1. The summed E-state index contributed by atoms with van der Waals surface area (Å²) >= 11 is 0. The van der Waals surface area contributed by atoms with Crippen molar-refractivity contribution in [3.8, 4) is 0 Å². The molecule has 4 N–H and O–H groups in total. The topological polar surface area (TPSA) is 92.5 Å². The summed E-state index contributed by atoms with van der Waals surface area (Å²) in [7, 11) is 0. The molecule has 0 atom stereocenters. The van der Waals surface area contributed by atoms with Crippen LogP contribution in [0, 0.1) is 0 Å². The van der Waals surface area contributed by atoms with Gasteiger partial charge in [-0.1, -0.05) is 11.6 Å². The molecule has 0 spiro atoms. The van der Waals surface area contributed by atoms with Gasteiger partial charge in [0.15, 0.2) is 11.5 Å². The molecule has 0 fully saturated rings. The Morgan fingerprint density at radius 1 is 1.39 bits per heavy atom.